The van der Waals surface area contributed by atoms with Crippen LogP contribution in [-0.2, 0) is 46.0 Å². The zero-order valence-corrected chi connectivity index (χ0v) is 29.5. The van der Waals surface area contributed by atoms with Gasteiger partial charge in [-0.05, 0) is 27.2 Å². The molecular weight excluding hydrogens is 740 g/mol. The molecule has 21 nitrogen and oxygen atoms in total. The molecule has 4 aromatic heterocycles. The number of rotatable bonds is 5. The van der Waals surface area contributed by atoms with Crippen LogP contribution in [0.3, 0.4) is 0 Å². The van der Waals surface area contributed by atoms with E-state index in [9.17, 15) is 18.8 Å². The molecule has 0 amide bonds. The highest BCUT2D eigenvalue weighted by molar-refractivity contribution is 7.48. The first-order valence-electron chi connectivity index (χ1n) is 15.8. The zero-order chi connectivity index (χ0) is 37.2. The summed E-state index contributed by atoms with van der Waals surface area (Å²) in [4.78, 5) is 47.4. The molecule has 6 heterocycles. The van der Waals surface area contributed by atoms with Gasteiger partial charge in [-0.15, -0.1) is 0 Å². The van der Waals surface area contributed by atoms with Crippen molar-refractivity contribution in [3.63, 3.8) is 0 Å². The Bertz CT molecular complexity index is 2080. The predicted octanol–water partition coefficient (Wildman–Crippen LogP) is 2.55. The van der Waals surface area contributed by atoms with Crippen molar-refractivity contribution in [3.8, 4) is 0 Å². The first-order chi connectivity index (χ1) is 24.6. The van der Waals surface area contributed by atoms with Crippen LogP contribution in [0.15, 0.2) is 25.3 Å². The summed E-state index contributed by atoms with van der Waals surface area (Å²) in [6, 6.07) is -1.11. The molecule has 0 aromatic carbocycles. The minimum atomic E-state index is -5.11. The van der Waals surface area contributed by atoms with E-state index in [-0.39, 0.29) is 40.4 Å². The summed E-state index contributed by atoms with van der Waals surface area (Å²) < 4.78 is 101. The number of anilines is 2. The summed E-state index contributed by atoms with van der Waals surface area (Å²) in [5.74, 6) is -1.82. The van der Waals surface area contributed by atoms with Crippen molar-refractivity contribution in [2.45, 2.75) is 70.1 Å². The minimum Gasteiger partial charge on any atom is -0.437 e. The molecule has 3 fully saturated rings. The molecule has 25 heteroatoms. The van der Waals surface area contributed by atoms with Crippen molar-refractivity contribution in [2.24, 2.45) is 11.3 Å². The number of nitrogens with zero attached hydrogens (tertiary/aromatic N) is 8. The molecule has 10 atom stereocenters. The lowest BCUT2D eigenvalue weighted by atomic mass is 9.98. The van der Waals surface area contributed by atoms with Crippen LogP contribution in [0.5, 0.6) is 0 Å². The maximum atomic E-state index is 16.4. The van der Waals surface area contributed by atoms with Gasteiger partial charge in [0, 0.05) is 5.92 Å². The number of halogens is 2. The summed E-state index contributed by atoms with van der Waals surface area (Å²) in [7, 11) is -10.1. The SMILES string of the molecule is CC(C)(C)C(=O)OCOP1(=O)OC[C@H]2C[C@@H](n3cnc4c(N)ncnc43)C(F)[C@H]2OP(=O)(O)OC[C@H]2O[C@@H](n3cnc4c(N)ncnc43)[C@@H](F)C2O1. The van der Waals surface area contributed by atoms with Gasteiger partial charge in [0.2, 0.25) is 6.79 Å². The lowest BCUT2D eigenvalue weighted by molar-refractivity contribution is -0.161. The number of phosphoric ester groups is 2. The summed E-state index contributed by atoms with van der Waals surface area (Å²) in [5, 5.41) is 0. The molecule has 52 heavy (non-hydrogen) atoms. The third kappa shape index (κ3) is 6.88. The van der Waals surface area contributed by atoms with Gasteiger partial charge in [-0.1, -0.05) is 0 Å². The van der Waals surface area contributed by atoms with E-state index in [1.807, 2.05) is 0 Å². The molecule has 4 aromatic rings. The average Bonchev–Trinajstić information content (AvgIpc) is 3.84. The highest BCUT2D eigenvalue weighted by atomic mass is 31.2. The van der Waals surface area contributed by atoms with Gasteiger partial charge >= 0.3 is 21.6 Å². The van der Waals surface area contributed by atoms with Crippen LogP contribution in [0.1, 0.15) is 39.5 Å². The number of ether oxygens (including phenoxy) is 2. The number of imidazole rings is 2. The molecule has 2 saturated heterocycles. The van der Waals surface area contributed by atoms with Crippen LogP contribution in [0.2, 0.25) is 0 Å². The maximum Gasteiger partial charge on any atom is 0.478 e. The average molecular weight is 775 g/mol. The molecule has 2 aliphatic heterocycles. The number of fused-ring (bicyclic) bond motifs is 4. The van der Waals surface area contributed by atoms with E-state index in [0.29, 0.717) is 0 Å². The van der Waals surface area contributed by atoms with Crippen molar-refractivity contribution in [3.05, 3.63) is 25.3 Å². The van der Waals surface area contributed by atoms with E-state index >= 15 is 8.78 Å². The predicted molar refractivity (Wildman–Crippen MR) is 171 cm³/mol. The van der Waals surface area contributed by atoms with Crippen LogP contribution >= 0.6 is 15.6 Å². The Kier molecular flexibility index (Phi) is 9.54. The first-order valence-corrected chi connectivity index (χ1v) is 18.7. The Morgan fingerprint density at radius 3 is 2.21 bits per heavy atom. The van der Waals surface area contributed by atoms with Gasteiger partial charge in [0.25, 0.3) is 0 Å². The fraction of sp³-hybridized carbons (Fsp3) is 0.593. The largest absolute Gasteiger partial charge is 0.478 e. The number of nitrogen functional groups attached to an aromatic ring is 2. The number of hydrogen-bond donors (Lipinski definition) is 3. The topological polar surface area (TPSA) is 275 Å². The zero-order valence-electron chi connectivity index (χ0n) is 27.7. The van der Waals surface area contributed by atoms with E-state index in [2.05, 4.69) is 29.9 Å². The summed E-state index contributed by atoms with van der Waals surface area (Å²) in [6.07, 6.45) is -6.39. The monoisotopic (exact) mass is 774 g/mol. The molecule has 0 bridgehead atoms. The van der Waals surface area contributed by atoms with Crippen LogP contribution in [0.25, 0.3) is 22.3 Å². The normalized spacial score (nSPS) is 34.4. The van der Waals surface area contributed by atoms with E-state index in [1.54, 1.807) is 20.8 Å². The van der Waals surface area contributed by atoms with E-state index < -0.39 is 95.9 Å². The molecule has 0 radical (unpaired) electrons. The Balaban J connectivity index is 1.20. The second kappa shape index (κ2) is 13.6. The Morgan fingerprint density at radius 2 is 1.56 bits per heavy atom. The van der Waals surface area contributed by atoms with Crippen molar-refractivity contribution in [1.29, 1.82) is 0 Å². The fourth-order valence-electron chi connectivity index (χ4n) is 6.12. The number of carbonyl (C=O) groups excluding carboxylic acids is 1. The number of nitrogens with two attached hydrogens (primary N) is 2. The lowest BCUT2D eigenvalue weighted by Gasteiger charge is -2.29. The van der Waals surface area contributed by atoms with Gasteiger partial charge in [0.05, 0.1) is 37.3 Å². The van der Waals surface area contributed by atoms with Crippen molar-refractivity contribution >= 4 is 55.6 Å². The Morgan fingerprint density at radius 1 is 0.923 bits per heavy atom. The molecule has 7 rings (SSSR count). The highest BCUT2D eigenvalue weighted by Crippen LogP contribution is 2.58. The van der Waals surface area contributed by atoms with Gasteiger partial charge in [0.15, 0.2) is 35.3 Å². The molecule has 282 valence electrons. The highest BCUT2D eigenvalue weighted by Gasteiger charge is 2.55. The number of phosphoric acid groups is 2. The van der Waals surface area contributed by atoms with Crippen LogP contribution < -0.4 is 11.5 Å². The van der Waals surface area contributed by atoms with Crippen LogP contribution in [0.4, 0.5) is 20.4 Å². The van der Waals surface area contributed by atoms with Gasteiger partial charge in [0.1, 0.15) is 48.2 Å². The number of hydrogen-bond acceptors (Lipinski definition) is 18. The molecule has 0 spiro atoms. The Hall–Kier alpha value is -3.79. The van der Waals surface area contributed by atoms with Gasteiger partial charge in [-0.2, -0.15) is 0 Å². The molecule has 3 aliphatic rings. The van der Waals surface area contributed by atoms with Gasteiger partial charge in [-0.25, -0.2) is 52.3 Å². The number of alkyl halides is 2. The second-order valence-corrected chi connectivity index (χ2v) is 16.3. The number of carbonyl (C=O) groups is 1. The fourth-order valence-corrected chi connectivity index (χ4v) is 8.42. The first kappa shape index (κ1) is 36.6. The minimum absolute atomic E-state index is 0.00437. The van der Waals surface area contributed by atoms with Crippen LogP contribution in [0, 0.1) is 11.3 Å². The summed E-state index contributed by atoms with van der Waals surface area (Å²) in [5.41, 5.74) is 11.3. The molecule has 5 N–H and O–H groups in total. The molecular formula is C27H34F2N10O11P2. The summed E-state index contributed by atoms with van der Waals surface area (Å²) in [6.45, 7) is 2.19. The van der Waals surface area contributed by atoms with Crippen LogP contribution in [-0.4, -0.2) is 101 Å². The van der Waals surface area contributed by atoms with E-state index in [0.717, 1.165) is 17.2 Å². The Labute approximate surface area is 292 Å². The summed E-state index contributed by atoms with van der Waals surface area (Å²) >= 11 is 0. The van der Waals surface area contributed by atoms with E-state index in [4.69, 9.17) is 43.6 Å². The number of aromatic nitrogens is 8. The molecule has 1 aliphatic carbocycles. The van der Waals surface area contributed by atoms with Crippen molar-refractivity contribution in [2.75, 3.05) is 31.5 Å². The smallest absolute Gasteiger partial charge is 0.437 e. The van der Waals surface area contributed by atoms with Crippen molar-refractivity contribution < 1.29 is 59.7 Å². The standard InChI is InChI=1S/C27H34F2N10O11P2/c1-27(2,3)26(40)44-11-47-52(43)46-5-12-4-13(38-9-36-17-21(30)32-7-34-23(17)38)15(28)19(12)49-51(41,42)45-6-14-20(50-52)16(29)25(48-14)39-10-37-18-22(31)33-8-35-24(18)39/h7-10,12-16,19-20,25H,4-6,11H2,1-3H3,(H,41,42)(H2,30,32,34)(H2,31,33,35)/t12-,13-,14-,15?,16+,19+,20?,25-,52?/m1/s1. The second-order valence-electron chi connectivity index (χ2n) is 13.3. The maximum absolute atomic E-state index is 16.4. The van der Waals surface area contributed by atoms with Gasteiger partial charge < -0.3 is 30.4 Å². The molecule has 1 saturated carbocycles. The van der Waals surface area contributed by atoms with Crippen molar-refractivity contribution in [1.82, 2.24) is 39.0 Å². The third-order valence-corrected chi connectivity index (χ3v) is 11.1. The quantitative estimate of drug-likeness (QED) is 0.149. The third-order valence-electron chi connectivity index (χ3n) is 8.73. The molecule has 4 unspecified atom stereocenters. The number of esters is 1. The van der Waals surface area contributed by atoms with Gasteiger partial charge in [-0.3, -0.25) is 27.5 Å². The van der Waals surface area contributed by atoms with E-state index in [1.165, 1.54) is 17.2 Å². The lowest BCUT2D eigenvalue weighted by Crippen LogP contribution is -2.36.